The van der Waals surface area contributed by atoms with Gasteiger partial charge in [-0.15, -0.1) is 10.2 Å². The lowest BCUT2D eigenvalue weighted by atomic mass is 10.0. The van der Waals surface area contributed by atoms with Crippen LogP contribution in [-0.4, -0.2) is 34.7 Å². The Hall–Kier alpha value is -2.35. The number of halogens is 3. The number of benzene rings is 1. The van der Waals surface area contributed by atoms with Crippen molar-refractivity contribution in [2.24, 2.45) is 0 Å². The molecule has 1 aliphatic heterocycles. The van der Waals surface area contributed by atoms with Gasteiger partial charge in [-0.3, -0.25) is 0 Å². The molecule has 0 amide bonds. The summed E-state index contributed by atoms with van der Waals surface area (Å²) in [5.74, 6) is 0.242. The third-order valence-corrected chi connectivity index (χ3v) is 4.53. The molecule has 1 aliphatic rings. The molecular formula is C19H26F3N5. The molecule has 0 saturated carbocycles. The fourth-order valence-corrected chi connectivity index (χ4v) is 3.00. The number of rotatable bonds is 2. The van der Waals surface area contributed by atoms with Crippen LogP contribution >= 0.6 is 0 Å². The first-order valence-electron chi connectivity index (χ1n) is 9.01. The maximum atomic E-state index is 12.5. The highest BCUT2D eigenvalue weighted by atomic mass is 19.4. The van der Waals surface area contributed by atoms with Gasteiger partial charge < -0.3 is 16.4 Å². The van der Waals surface area contributed by atoms with Gasteiger partial charge in [0, 0.05) is 11.3 Å². The number of likely N-dealkylation sites (tertiary alicyclic amines) is 1. The van der Waals surface area contributed by atoms with E-state index >= 15 is 0 Å². The van der Waals surface area contributed by atoms with Crippen molar-refractivity contribution in [1.82, 2.24) is 15.1 Å². The average Bonchev–Trinajstić information content (AvgIpc) is 2.63. The van der Waals surface area contributed by atoms with Crippen LogP contribution in [0.2, 0.25) is 0 Å². The molecule has 5 nitrogen and oxygen atoms in total. The molecular weight excluding hydrogens is 355 g/mol. The first kappa shape index (κ1) is 21.0. The molecule has 0 radical (unpaired) electrons. The molecule has 3 rings (SSSR count). The number of hydrogen-bond acceptors (Lipinski definition) is 5. The van der Waals surface area contributed by atoms with Crippen LogP contribution in [0.4, 0.5) is 24.7 Å². The first-order chi connectivity index (χ1) is 12.7. The number of aryl methyl sites for hydroxylation is 1. The summed E-state index contributed by atoms with van der Waals surface area (Å²) in [4.78, 5) is 2.52. The lowest BCUT2D eigenvalue weighted by molar-refractivity contribution is -0.137. The van der Waals surface area contributed by atoms with E-state index in [9.17, 15) is 13.2 Å². The standard InChI is InChI=1S/C12H11F3N4.C7H15N/c1-6-4-10(17)18-19-11(6)8-3-2-7(5-9(8)16)12(13,14)15;1-2-8-6-4-3-5-7-8/h2-5H,16H2,1H3,(H2,17,18);2-7H2,1H3. The second-order valence-electron chi connectivity index (χ2n) is 6.60. The monoisotopic (exact) mass is 381 g/mol. The molecule has 2 heterocycles. The Balaban J connectivity index is 0.000000273. The van der Waals surface area contributed by atoms with Crippen LogP contribution in [0.25, 0.3) is 11.3 Å². The lowest BCUT2D eigenvalue weighted by Crippen LogP contribution is -2.29. The highest BCUT2D eigenvalue weighted by molar-refractivity contribution is 5.76. The van der Waals surface area contributed by atoms with Gasteiger partial charge in [0.25, 0.3) is 0 Å². The molecule has 1 aromatic carbocycles. The topological polar surface area (TPSA) is 81.1 Å². The van der Waals surface area contributed by atoms with Crippen molar-refractivity contribution in [3.05, 3.63) is 35.4 Å². The molecule has 148 valence electrons. The minimum Gasteiger partial charge on any atom is -0.398 e. The van der Waals surface area contributed by atoms with Crippen molar-refractivity contribution in [3.63, 3.8) is 0 Å². The Kier molecular flexibility index (Phi) is 7.01. The number of nitrogens with zero attached hydrogens (tertiary/aromatic N) is 3. The normalized spacial score (nSPS) is 15.1. The summed E-state index contributed by atoms with van der Waals surface area (Å²) >= 11 is 0. The van der Waals surface area contributed by atoms with Crippen LogP contribution in [0.1, 0.15) is 37.3 Å². The number of nitrogen functional groups attached to an aromatic ring is 2. The van der Waals surface area contributed by atoms with Crippen molar-refractivity contribution in [3.8, 4) is 11.3 Å². The molecule has 27 heavy (non-hydrogen) atoms. The summed E-state index contributed by atoms with van der Waals surface area (Å²) in [7, 11) is 0. The zero-order valence-electron chi connectivity index (χ0n) is 15.7. The van der Waals surface area contributed by atoms with Crippen LogP contribution in [-0.2, 0) is 6.18 Å². The highest BCUT2D eigenvalue weighted by Gasteiger charge is 2.31. The number of alkyl halides is 3. The molecule has 0 unspecified atom stereocenters. The third kappa shape index (κ3) is 5.82. The fraction of sp³-hybridized carbons (Fsp3) is 0.474. The van der Waals surface area contributed by atoms with E-state index in [2.05, 4.69) is 22.0 Å². The van der Waals surface area contributed by atoms with E-state index in [0.29, 0.717) is 16.8 Å². The second-order valence-corrected chi connectivity index (χ2v) is 6.60. The van der Waals surface area contributed by atoms with E-state index in [1.807, 2.05) is 0 Å². The van der Waals surface area contributed by atoms with Crippen molar-refractivity contribution < 1.29 is 13.2 Å². The van der Waals surface area contributed by atoms with Gasteiger partial charge in [-0.05, 0) is 63.2 Å². The quantitative estimate of drug-likeness (QED) is 0.765. The number of piperidine rings is 1. The number of anilines is 2. The zero-order chi connectivity index (χ0) is 20.0. The van der Waals surface area contributed by atoms with Gasteiger partial charge in [-0.1, -0.05) is 19.4 Å². The fourth-order valence-electron chi connectivity index (χ4n) is 3.00. The van der Waals surface area contributed by atoms with E-state index in [1.54, 1.807) is 13.0 Å². The number of nitrogens with two attached hydrogens (primary N) is 2. The Morgan fingerprint density at radius 2 is 1.70 bits per heavy atom. The van der Waals surface area contributed by atoms with Gasteiger partial charge in [0.2, 0.25) is 0 Å². The predicted molar refractivity (Wildman–Crippen MR) is 102 cm³/mol. The summed E-state index contributed by atoms with van der Waals surface area (Å²) in [6.45, 7) is 7.91. The Labute approximate surface area is 157 Å². The minimum atomic E-state index is -4.42. The SMILES string of the molecule is CCN1CCCCC1.Cc1cc(N)nnc1-c1ccc(C(F)(F)F)cc1N. The van der Waals surface area contributed by atoms with E-state index in [0.717, 1.165) is 12.1 Å². The largest absolute Gasteiger partial charge is 0.416 e. The van der Waals surface area contributed by atoms with Crippen molar-refractivity contribution in [1.29, 1.82) is 0 Å². The third-order valence-electron chi connectivity index (χ3n) is 4.53. The van der Waals surface area contributed by atoms with E-state index in [-0.39, 0.29) is 11.5 Å². The molecule has 0 bridgehead atoms. The van der Waals surface area contributed by atoms with E-state index < -0.39 is 11.7 Å². The van der Waals surface area contributed by atoms with Crippen LogP contribution in [0.15, 0.2) is 24.3 Å². The molecule has 1 fully saturated rings. The van der Waals surface area contributed by atoms with Gasteiger partial charge >= 0.3 is 6.18 Å². The van der Waals surface area contributed by atoms with Crippen LogP contribution in [0, 0.1) is 6.92 Å². The molecule has 0 aliphatic carbocycles. The molecule has 4 N–H and O–H groups in total. The average molecular weight is 381 g/mol. The molecule has 1 aromatic heterocycles. The number of hydrogen-bond donors (Lipinski definition) is 2. The molecule has 0 spiro atoms. The predicted octanol–water partition coefficient (Wildman–Crippen LogP) is 4.13. The summed E-state index contributed by atoms with van der Waals surface area (Å²) in [6, 6.07) is 4.71. The minimum absolute atomic E-state index is 0.00278. The summed E-state index contributed by atoms with van der Waals surface area (Å²) < 4.78 is 37.6. The van der Waals surface area contributed by atoms with E-state index in [1.165, 1.54) is 45.0 Å². The van der Waals surface area contributed by atoms with Crippen LogP contribution < -0.4 is 11.5 Å². The van der Waals surface area contributed by atoms with Crippen molar-refractivity contribution in [2.45, 2.75) is 39.3 Å². The lowest BCUT2D eigenvalue weighted by Gasteiger charge is -2.24. The summed E-state index contributed by atoms with van der Waals surface area (Å²) in [5, 5.41) is 7.54. The van der Waals surface area contributed by atoms with E-state index in [4.69, 9.17) is 11.5 Å². The molecule has 8 heteroatoms. The van der Waals surface area contributed by atoms with Crippen LogP contribution in [0.5, 0.6) is 0 Å². The van der Waals surface area contributed by atoms with Crippen molar-refractivity contribution in [2.75, 3.05) is 31.1 Å². The Morgan fingerprint density at radius 3 is 2.19 bits per heavy atom. The van der Waals surface area contributed by atoms with Gasteiger partial charge in [-0.2, -0.15) is 13.2 Å². The number of aromatic nitrogens is 2. The highest BCUT2D eigenvalue weighted by Crippen LogP contribution is 2.34. The van der Waals surface area contributed by atoms with Gasteiger partial charge in [-0.25, -0.2) is 0 Å². The Morgan fingerprint density at radius 1 is 1.04 bits per heavy atom. The smallest absolute Gasteiger partial charge is 0.398 e. The zero-order valence-corrected chi connectivity index (χ0v) is 15.7. The summed E-state index contributed by atoms with van der Waals surface area (Å²) in [5.41, 5.74) is 11.8. The van der Waals surface area contributed by atoms with Gasteiger partial charge in [0.15, 0.2) is 0 Å². The molecule has 2 aromatic rings. The molecule has 0 atom stereocenters. The Bertz CT molecular complexity index is 755. The maximum Gasteiger partial charge on any atom is 0.416 e. The first-order valence-corrected chi connectivity index (χ1v) is 9.01. The second kappa shape index (κ2) is 9.03. The molecule has 1 saturated heterocycles. The van der Waals surface area contributed by atoms with Crippen molar-refractivity contribution >= 4 is 11.5 Å². The van der Waals surface area contributed by atoms with Gasteiger partial charge in [0.05, 0.1) is 11.3 Å². The van der Waals surface area contributed by atoms with Crippen LogP contribution in [0.3, 0.4) is 0 Å². The summed E-state index contributed by atoms with van der Waals surface area (Å²) in [6.07, 6.45) is -0.118. The van der Waals surface area contributed by atoms with Gasteiger partial charge in [0.1, 0.15) is 5.82 Å². The maximum absolute atomic E-state index is 12.5.